The van der Waals surface area contributed by atoms with Gasteiger partial charge in [-0.15, -0.1) is 0 Å². The van der Waals surface area contributed by atoms with E-state index in [0.29, 0.717) is 18.2 Å². The van der Waals surface area contributed by atoms with Crippen molar-refractivity contribution in [3.8, 4) is 0 Å². The van der Waals surface area contributed by atoms with Crippen LogP contribution in [0, 0.1) is 6.92 Å². The molecule has 29 heavy (non-hydrogen) atoms. The molecule has 2 heterocycles. The summed E-state index contributed by atoms with van der Waals surface area (Å²) in [7, 11) is -3.83. The number of carbonyl (C=O) groups excluding carboxylic acids is 1. The highest BCUT2D eigenvalue weighted by atomic mass is 32.2. The predicted molar refractivity (Wildman–Crippen MR) is 112 cm³/mol. The maximum absolute atomic E-state index is 12.8. The average molecular weight is 438 g/mol. The lowest BCUT2D eigenvalue weighted by Gasteiger charge is -2.35. The van der Waals surface area contributed by atoms with Crippen molar-refractivity contribution < 1.29 is 22.4 Å². The second-order valence-electron chi connectivity index (χ2n) is 6.53. The van der Waals surface area contributed by atoms with Crippen molar-refractivity contribution in [2.45, 2.75) is 18.9 Å². The molecule has 0 atom stereocenters. The molecule has 2 aromatic rings. The minimum atomic E-state index is -3.83. The molecule has 0 radical (unpaired) electrons. The van der Waals surface area contributed by atoms with Gasteiger partial charge in [-0.1, -0.05) is 12.1 Å². The van der Waals surface area contributed by atoms with Gasteiger partial charge in [0.15, 0.2) is 5.11 Å². The van der Waals surface area contributed by atoms with Gasteiger partial charge in [0.1, 0.15) is 0 Å². The van der Waals surface area contributed by atoms with Gasteiger partial charge in [0.2, 0.25) is 10.9 Å². The molecule has 3 rings (SSSR count). The van der Waals surface area contributed by atoms with Crippen molar-refractivity contribution in [3.63, 3.8) is 0 Å². The first-order chi connectivity index (χ1) is 13.8. The third-order valence-electron chi connectivity index (χ3n) is 4.45. The van der Waals surface area contributed by atoms with Gasteiger partial charge in [-0.3, -0.25) is 0 Å². The number of benzene rings is 1. The van der Waals surface area contributed by atoms with Crippen LogP contribution < -0.4 is 5.32 Å². The summed E-state index contributed by atoms with van der Waals surface area (Å²) in [6.07, 6.45) is 0. The van der Waals surface area contributed by atoms with E-state index >= 15 is 0 Å². The summed E-state index contributed by atoms with van der Waals surface area (Å²) in [4.78, 5) is 13.6. The number of anilines is 1. The zero-order chi connectivity index (χ0) is 21.0. The first kappa shape index (κ1) is 21.3. The Morgan fingerprint density at radius 1 is 1.21 bits per heavy atom. The van der Waals surface area contributed by atoms with Crippen LogP contribution >= 0.6 is 12.2 Å². The van der Waals surface area contributed by atoms with Crippen molar-refractivity contribution >= 4 is 39.0 Å². The van der Waals surface area contributed by atoms with Crippen LogP contribution in [0.15, 0.2) is 45.9 Å². The van der Waals surface area contributed by atoms with Crippen LogP contribution in [-0.2, 0) is 14.8 Å². The minimum absolute atomic E-state index is 0.132. The Bertz CT molecular complexity index is 995. The highest BCUT2D eigenvalue weighted by Gasteiger charge is 2.32. The van der Waals surface area contributed by atoms with E-state index in [-0.39, 0.29) is 30.5 Å². The molecule has 8 nitrogen and oxygen atoms in total. The fourth-order valence-electron chi connectivity index (χ4n) is 2.95. The summed E-state index contributed by atoms with van der Waals surface area (Å²) >= 11 is 5.46. The van der Waals surface area contributed by atoms with Gasteiger partial charge < -0.3 is 19.4 Å². The number of hydrogen-bond acceptors (Lipinski definition) is 6. The summed E-state index contributed by atoms with van der Waals surface area (Å²) in [5.74, 6) is -0.820. The Morgan fingerprint density at radius 3 is 2.59 bits per heavy atom. The molecule has 0 bridgehead atoms. The summed E-state index contributed by atoms with van der Waals surface area (Å²) in [6.45, 7) is 5.25. The number of aryl methyl sites for hydroxylation is 1. The zero-order valence-electron chi connectivity index (χ0n) is 16.3. The monoisotopic (exact) mass is 437 g/mol. The molecular formula is C19H23N3O5S2. The normalized spacial score (nSPS) is 15.2. The number of ether oxygens (including phenoxy) is 1. The predicted octanol–water partition coefficient (Wildman–Crippen LogP) is 2.47. The third kappa shape index (κ3) is 4.95. The summed E-state index contributed by atoms with van der Waals surface area (Å²) in [5, 5.41) is 3.47. The number of esters is 1. The third-order valence-corrected chi connectivity index (χ3v) is 6.58. The van der Waals surface area contributed by atoms with Crippen LogP contribution in [0.25, 0.3) is 0 Å². The second kappa shape index (κ2) is 8.93. The van der Waals surface area contributed by atoms with Crippen LogP contribution in [-0.4, -0.2) is 61.5 Å². The number of carbonyl (C=O) groups is 1. The van der Waals surface area contributed by atoms with E-state index in [2.05, 4.69) is 5.32 Å². The Kier molecular flexibility index (Phi) is 6.56. The number of furan rings is 1. The Hall–Kier alpha value is -2.43. The fourth-order valence-corrected chi connectivity index (χ4v) is 4.59. The van der Waals surface area contributed by atoms with E-state index in [0.717, 1.165) is 11.3 Å². The minimum Gasteiger partial charge on any atom is -0.460 e. The number of nitrogens with zero attached hydrogens (tertiary/aromatic N) is 2. The number of rotatable bonds is 5. The molecule has 0 unspecified atom stereocenters. The van der Waals surface area contributed by atoms with E-state index in [1.165, 1.54) is 16.4 Å². The van der Waals surface area contributed by atoms with E-state index in [4.69, 9.17) is 21.4 Å². The molecule has 1 aromatic heterocycles. The van der Waals surface area contributed by atoms with Crippen LogP contribution in [0.1, 0.15) is 23.0 Å². The van der Waals surface area contributed by atoms with Crippen molar-refractivity contribution in [2.24, 2.45) is 0 Å². The number of hydrogen-bond donors (Lipinski definition) is 1. The standard InChI is InChI=1S/C19H23N3O5S2/c1-3-26-18(23)16-7-8-17(27-16)29(24,25)22-11-9-21(10-12-22)19(28)20-15-6-4-5-14(2)13-15/h4-8,13H,3,9-12H2,1-2H3,(H,20,28). The molecule has 1 saturated heterocycles. The molecule has 156 valence electrons. The highest BCUT2D eigenvalue weighted by molar-refractivity contribution is 7.89. The average Bonchev–Trinajstić information content (AvgIpc) is 3.19. The van der Waals surface area contributed by atoms with E-state index in [1.54, 1.807) is 6.92 Å². The number of thiocarbonyl (C=S) groups is 1. The highest BCUT2D eigenvalue weighted by Crippen LogP contribution is 2.21. The lowest BCUT2D eigenvalue weighted by Crippen LogP contribution is -2.51. The Balaban J connectivity index is 1.61. The van der Waals surface area contributed by atoms with Gasteiger partial charge >= 0.3 is 5.97 Å². The van der Waals surface area contributed by atoms with Gasteiger partial charge in [-0.05, 0) is 55.9 Å². The second-order valence-corrected chi connectivity index (χ2v) is 8.79. The largest absolute Gasteiger partial charge is 0.460 e. The summed E-state index contributed by atoms with van der Waals surface area (Å²) < 4.78 is 37.0. The molecule has 0 spiro atoms. The molecule has 1 N–H and O–H groups in total. The summed E-state index contributed by atoms with van der Waals surface area (Å²) in [5.41, 5.74) is 2.02. The van der Waals surface area contributed by atoms with Crippen LogP contribution in [0.5, 0.6) is 0 Å². The quantitative estimate of drug-likeness (QED) is 0.563. The molecule has 1 aromatic carbocycles. The Morgan fingerprint density at radius 2 is 1.93 bits per heavy atom. The Labute approximate surface area is 175 Å². The molecular weight excluding hydrogens is 414 g/mol. The molecule has 1 fully saturated rings. The molecule has 0 aliphatic carbocycles. The number of nitrogens with one attached hydrogen (secondary N) is 1. The van der Waals surface area contributed by atoms with Crippen LogP contribution in [0.2, 0.25) is 0 Å². The smallest absolute Gasteiger partial charge is 0.374 e. The molecule has 1 aliphatic rings. The summed E-state index contributed by atoms with van der Waals surface area (Å²) in [6, 6.07) is 10.4. The van der Waals surface area contributed by atoms with Crippen LogP contribution in [0.3, 0.4) is 0 Å². The van der Waals surface area contributed by atoms with Crippen molar-refractivity contribution in [3.05, 3.63) is 47.7 Å². The van der Waals surface area contributed by atoms with Crippen LogP contribution in [0.4, 0.5) is 5.69 Å². The van der Waals surface area contributed by atoms with Crippen molar-refractivity contribution in [1.29, 1.82) is 0 Å². The maximum atomic E-state index is 12.8. The maximum Gasteiger partial charge on any atom is 0.374 e. The lowest BCUT2D eigenvalue weighted by molar-refractivity contribution is 0.0483. The molecule has 0 saturated carbocycles. The zero-order valence-corrected chi connectivity index (χ0v) is 17.9. The van der Waals surface area contributed by atoms with E-state index in [9.17, 15) is 13.2 Å². The first-order valence-corrected chi connectivity index (χ1v) is 11.1. The van der Waals surface area contributed by atoms with Gasteiger partial charge in [0.05, 0.1) is 6.61 Å². The van der Waals surface area contributed by atoms with Crippen molar-refractivity contribution in [1.82, 2.24) is 9.21 Å². The number of sulfonamides is 1. The van der Waals surface area contributed by atoms with E-state index in [1.807, 2.05) is 36.1 Å². The van der Waals surface area contributed by atoms with Gasteiger partial charge in [-0.2, -0.15) is 4.31 Å². The lowest BCUT2D eigenvalue weighted by atomic mass is 10.2. The van der Waals surface area contributed by atoms with E-state index < -0.39 is 16.0 Å². The molecule has 10 heteroatoms. The van der Waals surface area contributed by atoms with Crippen molar-refractivity contribution in [2.75, 3.05) is 38.1 Å². The van der Waals surface area contributed by atoms with Gasteiger partial charge in [0.25, 0.3) is 10.0 Å². The number of piperazine rings is 1. The molecule has 1 aliphatic heterocycles. The van der Waals surface area contributed by atoms with Gasteiger partial charge in [-0.25, -0.2) is 13.2 Å². The molecule has 0 amide bonds. The van der Waals surface area contributed by atoms with Gasteiger partial charge in [0, 0.05) is 31.9 Å². The topological polar surface area (TPSA) is 92.1 Å². The SMILES string of the molecule is CCOC(=O)c1ccc(S(=O)(=O)N2CCN(C(=S)Nc3cccc(C)c3)CC2)o1. The fraction of sp³-hybridized carbons (Fsp3) is 0.368. The first-order valence-electron chi connectivity index (χ1n) is 9.21.